The molecular formula is C22H21NO6. The number of ether oxygens (including phenoxy) is 4. The molecule has 0 radical (unpaired) electrons. The van der Waals surface area contributed by atoms with Crippen LogP contribution < -0.4 is 14.2 Å². The zero-order valence-corrected chi connectivity index (χ0v) is 16.1. The van der Waals surface area contributed by atoms with Crippen molar-refractivity contribution in [1.82, 2.24) is 4.90 Å². The molecule has 0 aliphatic carbocycles. The largest absolute Gasteiger partial charge is 0.494 e. The summed E-state index contributed by atoms with van der Waals surface area (Å²) in [4.78, 5) is 26.5. The number of rotatable bonds is 4. The molecule has 1 amide bonds. The molecule has 2 aromatic carbocycles. The number of carbonyl (C=O) groups excluding carboxylic acids is 2. The maximum Gasteiger partial charge on any atom is 0.415 e. The van der Waals surface area contributed by atoms with Crippen LogP contribution in [-0.4, -0.2) is 49.7 Å². The number of benzene rings is 2. The van der Waals surface area contributed by atoms with E-state index in [9.17, 15) is 9.59 Å². The molecule has 7 nitrogen and oxygen atoms in total. The molecule has 2 aliphatic rings. The number of hydrogen-bond acceptors (Lipinski definition) is 6. The summed E-state index contributed by atoms with van der Waals surface area (Å²) in [6.07, 6.45) is 1.22. The monoisotopic (exact) mass is 395 g/mol. The number of ketones is 1. The van der Waals surface area contributed by atoms with Crippen molar-refractivity contribution >= 4 is 18.0 Å². The second kappa shape index (κ2) is 8.36. The fourth-order valence-corrected chi connectivity index (χ4v) is 3.15. The maximum atomic E-state index is 12.6. The van der Waals surface area contributed by atoms with E-state index in [1.54, 1.807) is 47.4 Å². The van der Waals surface area contributed by atoms with Crippen LogP contribution in [0.5, 0.6) is 17.2 Å². The van der Waals surface area contributed by atoms with E-state index in [0.717, 1.165) is 0 Å². The van der Waals surface area contributed by atoms with E-state index >= 15 is 0 Å². The Morgan fingerprint density at radius 2 is 1.97 bits per heavy atom. The third-order valence-electron chi connectivity index (χ3n) is 4.58. The highest BCUT2D eigenvalue weighted by Gasteiger charge is 2.27. The van der Waals surface area contributed by atoms with Gasteiger partial charge in [0, 0.05) is 19.2 Å². The predicted molar refractivity (Wildman–Crippen MR) is 105 cm³/mol. The van der Waals surface area contributed by atoms with Crippen molar-refractivity contribution in [2.24, 2.45) is 0 Å². The second-order valence-electron chi connectivity index (χ2n) is 6.57. The van der Waals surface area contributed by atoms with Crippen LogP contribution >= 0.6 is 0 Å². The summed E-state index contributed by atoms with van der Waals surface area (Å²) in [6.45, 7) is 4.45. The Kier molecular flexibility index (Phi) is 5.48. The standard InChI is InChI=1S/C22H21NO6/c1-2-27-16-6-7-18-19(14-16)29-20(21(18)24)13-15-4-3-5-17(12-15)28-22(25)23-8-10-26-11-9-23/h3-7,12-14H,2,8-11H2,1H3. The zero-order chi connectivity index (χ0) is 20.2. The fraction of sp³-hybridized carbons (Fsp3) is 0.273. The molecule has 2 aromatic rings. The summed E-state index contributed by atoms with van der Waals surface area (Å²) in [6, 6.07) is 12.1. The molecule has 0 unspecified atom stereocenters. The molecule has 150 valence electrons. The lowest BCUT2D eigenvalue weighted by molar-refractivity contribution is 0.0416. The van der Waals surface area contributed by atoms with Gasteiger partial charge in [0.2, 0.25) is 5.78 Å². The second-order valence-corrected chi connectivity index (χ2v) is 6.57. The van der Waals surface area contributed by atoms with Gasteiger partial charge in [-0.25, -0.2) is 4.79 Å². The third-order valence-corrected chi connectivity index (χ3v) is 4.58. The minimum absolute atomic E-state index is 0.196. The highest BCUT2D eigenvalue weighted by atomic mass is 16.6. The summed E-state index contributed by atoms with van der Waals surface area (Å²) >= 11 is 0. The first-order valence-electron chi connectivity index (χ1n) is 9.49. The van der Waals surface area contributed by atoms with Gasteiger partial charge in [-0.05, 0) is 42.8 Å². The van der Waals surface area contributed by atoms with Crippen LogP contribution in [0.4, 0.5) is 4.79 Å². The Bertz CT molecular complexity index is 962. The SMILES string of the molecule is CCOc1ccc2c(c1)OC(=Cc1cccc(OC(=O)N3CCOCC3)c1)C2=O. The van der Waals surface area contributed by atoms with Gasteiger partial charge < -0.3 is 23.8 Å². The number of fused-ring (bicyclic) bond motifs is 1. The first kappa shape index (κ1) is 19.0. The Morgan fingerprint density at radius 3 is 2.76 bits per heavy atom. The van der Waals surface area contributed by atoms with Crippen molar-refractivity contribution in [1.29, 1.82) is 0 Å². The highest BCUT2D eigenvalue weighted by Crippen LogP contribution is 2.35. The summed E-state index contributed by atoms with van der Waals surface area (Å²) in [5.41, 5.74) is 1.19. The smallest absolute Gasteiger partial charge is 0.415 e. The molecule has 2 heterocycles. The number of nitrogens with zero attached hydrogens (tertiary/aromatic N) is 1. The molecule has 0 saturated carbocycles. The van der Waals surface area contributed by atoms with Crippen LogP contribution in [-0.2, 0) is 4.74 Å². The molecule has 29 heavy (non-hydrogen) atoms. The lowest BCUT2D eigenvalue weighted by Crippen LogP contribution is -2.42. The van der Waals surface area contributed by atoms with Crippen molar-refractivity contribution in [3.63, 3.8) is 0 Å². The molecule has 4 rings (SSSR count). The summed E-state index contributed by atoms with van der Waals surface area (Å²) < 4.78 is 21.9. The van der Waals surface area contributed by atoms with Gasteiger partial charge >= 0.3 is 6.09 Å². The first-order valence-corrected chi connectivity index (χ1v) is 9.49. The lowest BCUT2D eigenvalue weighted by Gasteiger charge is -2.25. The molecule has 1 saturated heterocycles. The van der Waals surface area contributed by atoms with E-state index in [1.807, 2.05) is 13.0 Å². The zero-order valence-electron chi connectivity index (χ0n) is 16.1. The van der Waals surface area contributed by atoms with Gasteiger partial charge in [-0.2, -0.15) is 0 Å². The summed E-state index contributed by atoms with van der Waals surface area (Å²) in [5.74, 6) is 1.54. The van der Waals surface area contributed by atoms with Gasteiger partial charge in [0.15, 0.2) is 5.76 Å². The fourth-order valence-electron chi connectivity index (χ4n) is 3.15. The average molecular weight is 395 g/mol. The molecule has 1 fully saturated rings. The third kappa shape index (κ3) is 4.25. The first-order chi connectivity index (χ1) is 14.1. The Morgan fingerprint density at radius 1 is 1.14 bits per heavy atom. The molecule has 2 aliphatic heterocycles. The maximum absolute atomic E-state index is 12.6. The van der Waals surface area contributed by atoms with Crippen molar-refractivity contribution in [2.75, 3.05) is 32.9 Å². The van der Waals surface area contributed by atoms with Crippen molar-refractivity contribution < 1.29 is 28.5 Å². The van der Waals surface area contributed by atoms with E-state index in [0.29, 0.717) is 61.3 Å². The van der Waals surface area contributed by atoms with Gasteiger partial charge in [0.05, 0.1) is 25.4 Å². The van der Waals surface area contributed by atoms with Crippen LogP contribution in [0.15, 0.2) is 48.2 Å². The molecular weight excluding hydrogens is 374 g/mol. The topological polar surface area (TPSA) is 74.3 Å². The molecule has 0 spiro atoms. The molecule has 0 atom stereocenters. The Hall–Kier alpha value is -3.32. The minimum Gasteiger partial charge on any atom is -0.494 e. The number of Topliss-reactive ketones (excluding diaryl/α,β-unsaturated/α-hetero) is 1. The number of carbonyl (C=O) groups is 2. The summed E-state index contributed by atoms with van der Waals surface area (Å²) in [7, 11) is 0. The molecule has 0 bridgehead atoms. The van der Waals surface area contributed by atoms with E-state index in [4.69, 9.17) is 18.9 Å². The van der Waals surface area contributed by atoms with E-state index in [-0.39, 0.29) is 11.5 Å². The van der Waals surface area contributed by atoms with Crippen molar-refractivity contribution in [3.8, 4) is 17.2 Å². The van der Waals surface area contributed by atoms with E-state index in [1.165, 1.54) is 0 Å². The van der Waals surface area contributed by atoms with Crippen molar-refractivity contribution in [3.05, 3.63) is 59.4 Å². The summed E-state index contributed by atoms with van der Waals surface area (Å²) in [5, 5.41) is 0. The van der Waals surface area contributed by atoms with Gasteiger partial charge in [-0.1, -0.05) is 12.1 Å². The van der Waals surface area contributed by atoms with E-state index < -0.39 is 6.09 Å². The Balaban J connectivity index is 1.49. The van der Waals surface area contributed by atoms with Crippen LogP contribution in [0.1, 0.15) is 22.8 Å². The van der Waals surface area contributed by atoms with Crippen LogP contribution in [0.3, 0.4) is 0 Å². The van der Waals surface area contributed by atoms with Crippen LogP contribution in [0.2, 0.25) is 0 Å². The minimum atomic E-state index is -0.415. The van der Waals surface area contributed by atoms with Crippen LogP contribution in [0.25, 0.3) is 6.08 Å². The quantitative estimate of drug-likeness (QED) is 0.738. The normalized spacial score (nSPS) is 17.1. The predicted octanol–water partition coefficient (Wildman–Crippen LogP) is 3.53. The molecule has 0 aromatic heterocycles. The molecule has 7 heteroatoms. The average Bonchev–Trinajstić information content (AvgIpc) is 3.04. The van der Waals surface area contributed by atoms with Gasteiger partial charge in [-0.15, -0.1) is 0 Å². The molecule has 0 N–H and O–H groups in total. The number of amides is 1. The number of hydrogen-bond donors (Lipinski definition) is 0. The highest BCUT2D eigenvalue weighted by molar-refractivity contribution is 6.14. The Labute approximate surface area is 168 Å². The number of allylic oxidation sites excluding steroid dienone is 1. The van der Waals surface area contributed by atoms with Gasteiger partial charge in [0.1, 0.15) is 17.2 Å². The van der Waals surface area contributed by atoms with Gasteiger partial charge in [0.25, 0.3) is 0 Å². The lowest BCUT2D eigenvalue weighted by atomic mass is 10.1. The van der Waals surface area contributed by atoms with Crippen LogP contribution in [0, 0.1) is 0 Å². The van der Waals surface area contributed by atoms with Crippen molar-refractivity contribution in [2.45, 2.75) is 6.92 Å². The number of morpholine rings is 1. The van der Waals surface area contributed by atoms with E-state index in [2.05, 4.69) is 0 Å². The van der Waals surface area contributed by atoms with Gasteiger partial charge in [-0.3, -0.25) is 4.79 Å².